The number of hydrogen-bond donors (Lipinski definition) is 0. The lowest BCUT2D eigenvalue weighted by Gasteiger charge is -2.29. The number of rotatable bonds is 2. The summed E-state index contributed by atoms with van der Waals surface area (Å²) < 4.78 is 18.7. The van der Waals surface area contributed by atoms with Crippen LogP contribution >= 0.6 is 0 Å². The van der Waals surface area contributed by atoms with E-state index in [9.17, 15) is 19.3 Å². The first-order valence-corrected chi connectivity index (χ1v) is 6.55. The molecule has 0 radical (unpaired) electrons. The van der Waals surface area contributed by atoms with Crippen LogP contribution in [0.15, 0.2) is 42.5 Å². The van der Waals surface area contributed by atoms with Gasteiger partial charge in [0.25, 0.3) is 11.6 Å². The fourth-order valence-electron chi connectivity index (χ4n) is 2.31. The van der Waals surface area contributed by atoms with Crippen molar-refractivity contribution in [3.63, 3.8) is 0 Å². The molecule has 0 aliphatic carbocycles. The van der Waals surface area contributed by atoms with Gasteiger partial charge in [0, 0.05) is 17.7 Å². The van der Waals surface area contributed by atoms with Crippen LogP contribution in [0, 0.1) is 15.9 Å². The van der Waals surface area contributed by atoms with Crippen LogP contribution in [0.25, 0.3) is 0 Å². The van der Waals surface area contributed by atoms with Crippen LogP contribution < -0.4 is 9.64 Å². The van der Waals surface area contributed by atoms with Gasteiger partial charge in [-0.25, -0.2) is 4.39 Å². The first-order valence-electron chi connectivity index (χ1n) is 6.55. The van der Waals surface area contributed by atoms with Crippen molar-refractivity contribution in [1.29, 1.82) is 0 Å². The molecular weight excluding hydrogens is 291 g/mol. The van der Waals surface area contributed by atoms with Gasteiger partial charge in [-0.3, -0.25) is 14.9 Å². The Hall–Kier alpha value is -2.96. The Morgan fingerprint density at radius 1 is 1.27 bits per heavy atom. The quantitative estimate of drug-likeness (QED) is 0.631. The number of halogens is 1. The highest BCUT2D eigenvalue weighted by atomic mass is 19.1. The predicted octanol–water partition coefficient (Wildman–Crippen LogP) is 2.77. The highest BCUT2D eigenvalue weighted by molar-refractivity contribution is 6.07. The largest absolute Gasteiger partial charge is 0.490 e. The summed E-state index contributed by atoms with van der Waals surface area (Å²) in [6, 6.07) is 9.37. The number of hydrogen-bond acceptors (Lipinski definition) is 4. The van der Waals surface area contributed by atoms with Gasteiger partial charge in [0.1, 0.15) is 18.2 Å². The summed E-state index contributed by atoms with van der Waals surface area (Å²) in [6.07, 6.45) is 0. The summed E-state index contributed by atoms with van der Waals surface area (Å²) in [5.74, 6) is -0.551. The van der Waals surface area contributed by atoms with Crippen LogP contribution in [0.1, 0.15) is 10.4 Å². The van der Waals surface area contributed by atoms with Gasteiger partial charge < -0.3 is 9.64 Å². The normalized spacial score (nSPS) is 13.2. The molecule has 0 aromatic heterocycles. The van der Waals surface area contributed by atoms with Crippen molar-refractivity contribution in [2.45, 2.75) is 0 Å². The standard InChI is InChI=1S/C15H11FN2O4/c16-11-3-1-2-10(8-11)15(19)17-6-7-22-14-5-4-12(18(20)21)9-13(14)17/h1-5,8-9H,6-7H2. The fraction of sp³-hybridized carbons (Fsp3) is 0.133. The highest BCUT2D eigenvalue weighted by Crippen LogP contribution is 2.35. The Morgan fingerprint density at radius 2 is 2.09 bits per heavy atom. The Morgan fingerprint density at radius 3 is 2.82 bits per heavy atom. The number of anilines is 1. The number of carbonyl (C=O) groups excluding carboxylic acids is 1. The third kappa shape index (κ3) is 2.48. The third-order valence-corrected chi connectivity index (χ3v) is 3.33. The van der Waals surface area contributed by atoms with Gasteiger partial charge in [0.05, 0.1) is 17.2 Å². The first-order chi connectivity index (χ1) is 10.6. The molecule has 0 fully saturated rings. The van der Waals surface area contributed by atoms with Gasteiger partial charge in [-0.2, -0.15) is 0 Å². The minimum Gasteiger partial charge on any atom is -0.490 e. The molecule has 1 aliphatic heterocycles. The molecule has 0 bridgehead atoms. The highest BCUT2D eigenvalue weighted by Gasteiger charge is 2.27. The number of ether oxygens (including phenoxy) is 1. The summed E-state index contributed by atoms with van der Waals surface area (Å²) in [4.78, 5) is 24.2. The Labute approximate surface area is 124 Å². The lowest BCUT2D eigenvalue weighted by atomic mass is 10.1. The number of amides is 1. The smallest absolute Gasteiger partial charge is 0.271 e. The molecule has 0 saturated carbocycles. The number of nitro benzene ring substituents is 1. The number of benzene rings is 2. The average molecular weight is 302 g/mol. The summed E-state index contributed by atoms with van der Waals surface area (Å²) in [6.45, 7) is 0.509. The Balaban J connectivity index is 2.02. The molecular formula is C15H11FN2O4. The average Bonchev–Trinajstić information content (AvgIpc) is 2.53. The second kappa shape index (κ2) is 5.44. The topological polar surface area (TPSA) is 72.7 Å². The van der Waals surface area contributed by atoms with E-state index in [0.717, 1.165) is 6.07 Å². The van der Waals surface area contributed by atoms with E-state index in [1.54, 1.807) is 0 Å². The second-order valence-corrected chi connectivity index (χ2v) is 4.72. The molecule has 1 aliphatic rings. The molecule has 0 atom stereocenters. The van der Waals surface area contributed by atoms with Crippen LogP contribution in [0.5, 0.6) is 5.75 Å². The molecule has 0 unspecified atom stereocenters. The van der Waals surface area contributed by atoms with E-state index in [4.69, 9.17) is 4.74 Å². The van der Waals surface area contributed by atoms with E-state index in [2.05, 4.69) is 0 Å². The van der Waals surface area contributed by atoms with E-state index in [0.29, 0.717) is 11.4 Å². The van der Waals surface area contributed by atoms with Crippen molar-refractivity contribution in [1.82, 2.24) is 0 Å². The van der Waals surface area contributed by atoms with Crippen LogP contribution in [0.3, 0.4) is 0 Å². The van der Waals surface area contributed by atoms with Crippen molar-refractivity contribution in [3.8, 4) is 5.75 Å². The van der Waals surface area contributed by atoms with E-state index in [1.807, 2.05) is 0 Å². The Kier molecular flexibility index (Phi) is 3.46. The van der Waals surface area contributed by atoms with Gasteiger partial charge in [-0.05, 0) is 24.3 Å². The van der Waals surface area contributed by atoms with Crippen LogP contribution in [-0.2, 0) is 0 Å². The van der Waals surface area contributed by atoms with Crippen molar-refractivity contribution in [2.75, 3.05) is 18.1 Å². The minimum absolute atomic E-state index is 0.138. The number of carbonyl (C=O) groups is 1. The monoisotopic (exact) mass is 302 g/mol. The third-order valence-electron chi connectivity index (χ3n) is 3.33. The number of nitro groups is 1. The molecule has 0 saturated heterocycles. The molecule has 2 aromatic carbocycles. The molecule has 0 N–H and O–H groups in total. The lowest BCUT2D eigenvalue weighted by molar-refractivity contribution is -0.384. The lowest BCUT2D eigenvalue weighted by Crippen LogP contribution is -2.38. The zero-order chi connectivity index (χ0) is 15.7. The molecule has 1 heterocycles. The first kappa shape index (κ1) is 14.0. The SMILES string of the molecule is O=C(c1cccc(F)c1)N1CCOc2ccc([N+](=O)[O-])cc21. The maximum atomic E-state index is 13.3. The zero-order valence-electron chi connectivity index (χ0n) is 11.4. The Bertz CT molecular complexity index is 763. The molecule has 1 amide bonds. The zero-order valence-corrected chi connectivity index (χ0v) is 11.4. The molecule has 2 aromatic rings. The minimum atomic E-state index is -0.542. The maximum Gasteiger partial charge on any atom is 0.271 e. The molecule has 7 heteroatoms. The van der Waals surface area contributed by atoms with Crippen molar-refractivity contribution in [3.05, 3.63) is 64.0 Å². The molecule has 22 heavy (non-hydrogen) atoms. The van der Waals surface area contributed by atoms with Gasteiger partial charge >= 0.3 is 0 Å². The molecule has 6 nitrogen and oxygen atoms in total. The predicted molar refractivity (Wildman–Crippen MR) is 76.7 cm³/mol. The van der Waals surface area contributed by atoms with Crippen LogP contribution in [-0.4, -0.2) is 24.0 Å². The van der Waals surface area contributed by atoms with Crippen molar-refractivity contribution in [2.24, 2.45) is 0 Å². The van der Waals surface area contributed by atoms with Gasteiger partial charge in [-0.1, -0.05) is 6.07 Å². The molecule has 112 valence electrons. The number of fused-ring (bicyclic) bond motifs is 1. The van der Waals surface area contributed by atoms with Gasteiger partial charge in [0.15, 0.2) is 0 Å². The molecule has 3 rings (SSSR count). The summed E-state index contributed by atoms with van der Waals surface area (Å²) in [5.41, 5.74) is 0.357. The van der Waals surface area contributed by atoms with E-state index in [-0.39, 0.29) is 24.4 Å². The van der Waals surface area contributed by atoms with Gasteiger partial charge in [-0.15, -0.1) is 0 Å². The van der Waals surface area contributed by atoms with E-state index >= 15 is 0 Å². The van der Waals surface area contributed by atoms with Crippen LogP contribution in [0.2, 0.25) is 0 Å². The van der Waals surface area contributed by atoms with E-state index < -0.39 is 16.6 Å². The van der Waals surface area contributed by atoms with Crippen molar-refractivity contribution >= 4 is 17.3 Å². The van der Waals surface area contributed by atoms with Crippen molar-refractivity contribution < 1.29 is 18.8 Å². The summed E-state index contributed by atoms with van der Waals surface area (Å²) in [7, 11) is 0. The second-order valence-electron chi connectivity index (χ2n) is 4.72. The number of nitrogens with zero attached hydrogens (tertiary/aromatic N) is 2. The van der Waals surface area contributed by atoms with E-state index in [1.165, 1.54) is 41.3 Å². The van der Waals surface area contributed by atoms with Crippen LogP contribution in [0.4, 0.5) is 15.8 Å². The summed E-state index contributed by atoms with van der Waals surface area (Å²) >= 11 is 0. The maximum absolute atomic E-state index is 13.3. The van der Waals surface area contributed by atoms with Gasteiger partial charge in [0.2, 0.25) is 0 Å². The summed E-state index contributed by atoms with van der Waals surface area (Å²) in [5, 5.41) is 10.9. The molecule has 0 spiro atoms. The fourth-order valence-corrected chi connectivity index (χ4v) is 2.31. The number of non-ortho nitro benzene ring substituents is 1.